The molecule has 1 aliphatic rings. The fourth-order valence-electron chi connectivity index (χ4n) is 2.95. The van der Waals surface area contributed by atoms with Gasteiger partial charge < -0.3 is 9.31 Å². The zero-order valence-corrected chi connectivity index (χ0v) is 15.8. The van der Waals surface area contributed by atoms with Crippen LogP contribution in [0.5, 0.6) is 0 Å². The van der Waals surface area contributed by atoms with Gasteiger partial charge in [0.1, 0.15) is 11.0 Å². The van der Waals surface area contributed by atoms with E-state index in [4.69, 9.17) is 20.9 Å². The first-order chi connectivity index (χ1) is 12.2. The molecule has 0 N–H and O–H groups in total. The van der Waals surface area contributed by atoms with Crippen LogP contribution in [0.15, 0.2) is 42.5 Å². The van der Waals surface area contributed by atoms with E-state index >= 15 is 0 Å². The van der Waals surface area contributed by atoms with Crippen LogP contribution >= 0.6 is 11.6 Å². The van der Waals surface area contributed by atoms with Gasteiger partial charge >= 0.3 is 7.12 Å². The first-order valence-electron chi connectivity index (χ1n) is 8.48. The van der Waals surface area contributed by atoms with E-state index < -0.39 is 7.12 Å². The van der Waals surface area contributed by atoms with Crippen LogP contribution in [0.2, 0.25) is 5.15 Å². The van der Waals surface area contributed by atoms with E-state index in [0.29, 0.717) is 16.1 Å². The Kier molecular flexibility index (Phi) is 3.92. The number of nitrogens with zero attached hydrogens (tertiary/aromatic N) is 2. The van der Waals surface area contributed by atoms with Crippen molar-refractivity contribution in [2.24, 2.45) is 0 Å². The largest absolute Gasteiger partial charge is 0.494 e. The van der Waals surface area contributed by atoms with Gasteiger partial charge in [-0.05, 0) is 57.4 Å². The van der Waals surface area contributed by atoms with Crippen LogP contribution in [-0.4, -0.2) is 28.1 Å². The molecule has 1 saturated heterocycles. The van der Waals surface area contributed by atoms with E-state index in [9.17, 15) is 4.39 Å². The number of hydrogen-bond acceptors (Lipinski definition) is 3. The second kappa shape index (κ2) is 5.81. The Morgan fingerprint density at radius 1 is 1.00 bits per heavy atom. The normalized spacial score (nSPS) is 18.6. The Labute approximate surface area is 157 Å². The van der Waals surface area contributed by atoms with E-state index in [1.165, 1.54) is 12.1 Å². The van der Waals surface area contributed by atoms with E-state index in [1.54, 1.807) is 10.7 Å². The number of halogens is 2. The van der Waals surface area contributed by atoms with Gasteiger partial charge in [-0.3, -0.25) is 0 Å². The average molecular weight is 373 g/mol. The summed E-state index contributed by atoms with van der Waals surface area (Å²) < 4.78 is 27.1. The molecule has 7 heteroatoms. The summed E-state index contributed by atoms with van der Waals surface area (Å²) in [5, 5.41) is 5.56. The summed E-state index contributed by atoms with van der Waals surface area (Å²) in [5.41, 5.74) is 1.45. The topological polar surface area (TPSA) is 36.3 Å². The minimum Gasteiger partial charge on any atom is -0.399 e. The zero-order valence-electron chi connectivity index (χ0n) is 15.1. The van der Waals surface area contributed by atoms with Crippen molar-refractivity contribution >= 4 is 35.1 Å². The maximum absolute atomic E-state index is 13.4. The van der Waals surface area contributed by atoms with Crippen LogP contribution in [0.3, 0.4) is 0 Å². The standard InChI is InChI=1S/C19H19BClFN2O2/c1-18(2)19(3,4)26-20(25-18)12-5-8-14(9-6-12)24-17(21)15-10-7-13(22)11-16(15)23-24/h5-11H,1-4H3. The van der Waals surface area contributed by atoms with E-state index in [-0.39, 0.29) is 17.0 Å². The lowest BCUT2D eigenvalue weighted by Gasteiger charge is -2.32. The quantitative estimate of drug-likeness (QED) is 0.635. The second-order valence-corrected chi connectivity index (χ2v) is 7.90. The minimum atomic E-state index is -0.421. The van der Waals surface area contributed by atoms with Crippen LogP contribution in [0.1, 0.15) is 27.7 Å². The molecule has 1 fully saturated rings. The van der Waals surface area contributed by atoms with Gasteiger partial charge in [-0.2, -0.15) is 5.10 Å². The predicted molar refractivity (Wildman–Crippen MR) is 102 cm³/mol. The van der Waals surface area contributed by atoms with Crippen molar-refractivity contribution in [1.29, 1.82) is 0 Å². The lowest BCUT2D eigenvalue weighted by Crippen LogP contribution is -2.41. The third kappa shape index (κ3) is 2.73. The number of hydrogen-bond donors (Lipinski definition) is 0. The van der Waals surface area contributed by atoms with Crippen molar-refractivity contribution in [1.82, 2.24) is 9.78 Å². The maximum atomic E-state index is 13.4. The smallest absolute Gasteiger partial charge is 0.399 e. The third-order valence-corrected chi connectivity index (χ3v) is 5.60. The van der Waals surface area contributed by atoms with Gasteiger partial charge in [-0.25, -0.2) is 9.07 Å². The molecule has 0 aliphatic carbocycles. The molecule has 0 bridgehead atoms. The molecular weight excluding hydrogens is 353 g/mol. The Bertz CT molecular complexity index is 969. The highest BCUT2D eigenvalue weighted by Gasteiger charge is 2.51. The van der Waals surface area contributed by atoms with E-state index in [1.807, 2.05) is 52.0 Å². The number of aromatic nitrogens is 2. The summed E-state index contributed by atoms with van der Waals surface area (Å²) in [6.45, 7) is 8.09. The molecule has 1 aliphatic heterocycles. The summed E-state index contributed by atoms with van der Waals surface area (Å²) in [4.78, 5) is 0. The van der Waals surface area contributed by atoms with E-state index in [2.05, 4.69) is 5.10 Å². The van der Waals surface area contributed by atoms with Gasteiger partial charge in [0.15, 0.2) is 0 Å². The monoisotopic (exact) mass is 372 g/mol. The predicted octanol–water partition coefficient (Wildman–Crippen LogP) is 4.12. The minimum absolute atomic E-state index is 0.338. The first kappa shape index (κ1) is 17.5. The molecule has 0 spiro atoms. The van der Waals surface area contributed by atoms with E-state index in [0.717, 1.165) is 11.2 Å². The van der Waals surface area contributed by atoms with Gasteiger partial charge in [-0.15, -0.1) is 0 Å². The number of rotatable bonds is 2. The van der Waals surface area contributed by atoms with Crippen molar-refractivity contribution in [3.05, 3.63) is 53.4 Å². The van der Waals surface area contributed by atoms with Gasteiger partial charge in [-0.1, -0.05) is 23.7 Å². The highest BCUT2D eigenvalue weighted by molar-refractivity contribution is 6.62. The molecule has 0 atom stereocenters. The van der Waals surface area contributed by atoms with Crippen molar-refractivity contribution < 1.29 is 13.7 Å². The summed E-state index contributed by atoms with van der Waals surface area (Å²) in [6, 6.07) is 12.0. The highest BCUT2D eigenvalue weighted by atomic mass is 35.5. The lowest BCUT2D eigenvalue weighted by atomic mass is 9.79. The summed E-state index contributed by atoms with van der Waals surface area (Å²) >= 11 is 6.41. The molecule has 134 valence electrons. The fraction of sp³-hybridized carbons (Fsp3) is 0.316. The molecule has 26 heavy (non-hydrogen) atoms. The Hall–Kier alpha value is -1.89. The van der Waals surface area contributed by atoms with Crippen molar-refractivity contribution in [3.8, 4) is 5.69 Å². The molecule has 0 saturated carbocycles. The van der Waals surface area contributed by atoms with Crippen molar-refractivity contribution in [3.63, 3.8) is 0 Å². The van der Waals surface area contributed by atoms with Crippen LogP contribution in [0, 0.1) is 5.82 Å². The van der Waals surface area contributed by atoms with Gasteiger partial charge in [0.2, 0.25) is 0 Å². The van der Waals surface area contributed by atoms with Crippen LogP contribution in [0.4, 0.5) is 4.39 Å². The van der Waals surface area contributed by atoms with Gasteiger partial charge in [0, 0.05) is 11.5 Å². The molecule has 2 heterocycles. The molecule has 0 unspecified atom stereocenters. The summed E-state index contributed by atoms with van der Waals surface area (Å²) in [5.74, 6) is -0.338. The number of fused-ring (bicyclic) bond motifs is 1. The van der Waals surface area contributed by atoms with Crippen molar-refractivity contribution in [2.45, 2.75) is 38.9 Å². The Morgan fingerprint density at radius 2 is 1.62 bits per heavy atom. The SMILES string of the molecule is CC1(C)OB(c2ccc(-n3nc4cc(F)ccc4c3Cl)cc2)OC1(C)C. The second-order valence-electron chi connectivity index (χ2n) is 7.54. The molecule has 0 radical (unpaired) electrons. The molecular formula is C19H19BClFN2O2. The van der Waals surface area contributed by atoms with Crippen LogP contribution in [0.25, 0.3) is 16.6 Å². The van der Waals surface area contributed by atoms with Gasteiger partial charge in [0.05, 0.1) is 22.4 Å². The first-order valence-corrected chi connectivity index (χ1v) is 8.85. The molecule has 4 nitrogen and oxygen atoms in total. The molecule has 0 amide bonds. The lowest BCUT2D eigenvalue weighted by molar-refractivity contribution is 0.00578. The highest BCUT2D eigenvalue weighted by Crippen LogP contribution is 2.36. The molecule has 1 aromatic heterocycles. The molecule has 3 aromatic rings. The summed E-state index contributed by atoms with van der Waals surface area (Å²) in [6.07, 6.45) is 0. The Balaban J connectivity index is 1.66. The molecule has 4 rings (SSSR count). The maximum Gasteiger partial charge on any atom is 0.494 e. The third-order valence-electron chi connectivity index (χ3n) is 5.24. The van der Waals surface area contributed by atoms with Crippen LogP contribution < -0.4 is 5.46 Å². The summed E-state index contributed by atoms with van der Waals surface area (Å²) in [7, 11) is -0.421. The van der Waals surface area contributed by atoms with Crippen molar-refractivity contribution in [2.75, 3.05) is 0 Å². The van der Waals surface area contributed by atoms with Gasteiger partial charge in [0.25, 0.3) is 0 Å². The fourth-order valence-corrected chi connectivity index (χ4v) is 3.25. The molecule has 2 aromatic carbocycles. The number of benzene rings is 2. The van der Waals surface area contributed by atoms with Crippen LogP contribution in [-0.2, 0) is 9.31 Å². The Morgan fingerprint density at radius 3 is 2.23 bits per heavy atom. The zero-order chi connectivity index (χ0) is 18.7. The average Bonchev–Trinajstić information content (AvgIpc) is 3.00.